The monoisotopic (exact) mass is 313 g/mol. The summed E-state index contributed by atoms with van der Waals surface area (Å²) in [5, 5.41) is 3.23. The maximum Gasteiger partial charge on any atom is 0.272 e. The van der Waals surface area contributed by atoms with E-state index in [2.05, 4.69) is 31.2 Å². The van der Waals surface area contributed by atoms with E-state index < -0.39 is 0 Å². The SMILES string of the molecule is Cc1cc(NC(=O)c2cc(Cl)c[nH]2)cnc1Br. The molecule has 88 valence electrons. The molecule has 1 amide bonds. The van der Waals surface area contributed by atoms with E-state index in [1.54, 1.807) is 18.5 Å². The smallest absolute Gasteiger partial charge is 0.272 e. The van der Waals surface area contributed by atoms with Gasteiger partial charge < -0.3 is 10.3 Å². The van der Waals surface area contributed by atoms with Crippen LogP contribution in [0.25, 0.3) is 0 Å². The minimum absolute atomic E-state index is 0.250. The van der Waals surface area contributed by atoms with Crippen molar-refractivity contribution >= 4 is 39.1 Å². The Labute approximate surface area is 112 Å². The Morgan fingerprint density at radius 2 is 2.29 bits per heavy atom. The third-order valence-electron chi connectivity index (χ3n) is 2.16. The van der Waals surface area contributed by atoms with E-state index in [0.717, 1.165) is 10.2 Å². The molecule has 2 aromatic rings. The van der Waals surface area contributed by atoms with E-state index in [1.165, 1.54) is 0 Å². The number of aromatic amines is 1. The summed E-state index contributed by atoms with van der Waals surface area (Å²) >= 11 is 9.02. The molecule has 2 N–H and O–H groups in total. The summed E-state index contributed by atoms with van der Waals surface area (Å²) in [7, 11) is 0. The van der Waals surface area contributed by atoms with Crippen molar-refractivity contribution in [2.75, 3.05) is 5.32 Å². The Kier molecular flexibility index (Phi) is 3.49. The van der Waals surface area contributed by atoms with E-state index in [-0.39, 0.29) is 5.91 Å². The first-order valence-corrected chi connectivity index (χ1v) is 6.01. The summed E-state index contributed by atoms with van der Waals surface area (Å²) in [4.78, 5) is 18.7. The molecule has 2 aromatic heterocycles. The van der Waals surface area contributed by atoms with Crippen LogP contribution in [-0.4, -0.2) is 15.9 Å². The molecule has 6 heteroatoms. The van der Waals surface area contributed by atoms with E-state index in [0.29, 0.717) is 16.4 Å². The average Bonchev–Trinajstić information content (AvgIpc) is 2.70. The van der Waals surface area contributed by atoms with Crippen LogP contribution >= 0.6 is 27.5 Å². The van der Waals surface area contributed by atoms with E-state index in [4.69, 9.17) is 11.6 Å². The van der Waals surface area contributed by atoms with Crippen molar-refractivity contribution in [3.05, 3.63) is 45.4 Å². The normalized spacial score (nSPS) is 10.3. The highest BCUT2D eigenvalue weighted by molar-refractivity contribution is 9.10. The largest absolute Gasteiger partial charge is 0.356 e. The minimum Gasteiger partial charge on any atom is -0.356 e. The Balaban J connectivity index is 2.15. The molecule has 0 bridgehead atoms. The molecule has 2 heterocycles. The molecule has 4 nitrogen and oxygen atoms in total. The molecule has 2 rings (SSSR count). The molecule has 0 aliphatic heterocycles. The molecule has 0 radical (unpaired) electrons. The molecule has 0 aliphatic carbocycles. The molecule has 0 saturated carbocycles. The van der Waals surface area contributed by atoms with Crippen molar-refractivity contribution in [2.24, 2.45) is 0 Å². The fourth-order valence-electron chi connectivity index (χ4n) is 1.32. The van der Waals surface area contributed by atoms with Crippen LogP contribution < -0.4 is 5.32 Å². The Hall–Kier alpha value is -1.33. The molecule has 0 unspecified atom stereocenters. The number of anilines is 1. The molecule has 0 spiro atoms. The van der Waals surface area contributed by atoms with Gasteiger partial charge in [-0.3, -0.25) is 4.79 Å². The van der Waals surface area contributed by atoms with Crippen LogP contribution in [0.2, 0.25) is 5.02 Å². The van der Waals surface area contributed by atoms with Crippen molar-refractivity contribution in [1.29, 1.82) is 0 Å². The number of pyridine rings is 1. The first-order chi connectivity index (χ1) is 8.06. The summed E-state index contributed by atoms with van der Waals surface area (Å²) in [6.45, 7) is 1.90. The topological polar surface area (TPSA) is 57.8 Å². The van der Waals surface area contributed by atoms with Gasteiger partial charge in [0, 0.05) is 6.20 Å². The van der Waals surface area contributed by atoms with Gasteiger partial charge in [0.1, 0.15) is 10.3 Å². The summed E-state index contributed by atoms with van der Waals surface area (Å²) in [5.41, 5.74) is 2.00. The standard InChI is InChI=1S/C11H9BrClN3O/c1-6-2-8(5-15-10(6)12)16-11(17)9-3-7(13)4-14-9/h2-5,14H,1H3,(H,16,17). The van der Waals surface area contributed by atoms with Gasteiger partial charge in [-0.25, -0.2) is 4.98 Å². The van der Waals surface area contributed by atoms with E-state index >= 15 is 0 Å². The molecule has 17 heavy (non-hydrogen) atoms. The Morgan fingerprint density at radius 3 is 2.88 bits per heavy atom. The van der Waals surface area contributed by atoms with Crippen molar-refractivity contribution in [1.82, 2.24) is 9.97 Å². The second kappa shape index (κ2) is 4.89. The molecular formula is C11H9BrClN3O. The van der Waals surface area contributed by atoms with Gasteiger partial charge in [-0.2, -0.15) is 0 Å². The summed E-state index contributed by atoms with van der Waals surface area (Å²) in [6.07, 6.45) is 3.14. The molecular weight excluding hydrogens is 305 g/mol. The average molecular weight is 315 g/mol. The second-order valence-electron chi connectivity index (χ2n) is 3.52. The molecule has 0 aliphatic rings. The lowest BCUT2D eigenvalue weighted by molar-refractivity contribution is 0.102. The third kappa shape index (κ3) is 2.87. The van der Waals surface area contributed by atoms with Crippen molar-refractivity contribution in [3.63, 3.8) is 0 Å². The van der Waals surface area contributed by atoms with Gasteiger partial charge in [0.2, 0.25) is 0 Å². The number of carbonyl (C=O) groups excluding carboxylic acids is 1. The summed E-state index contributed by atoms with van der Waals surface area (Å²) in [5.74, 6) is -0.250. The molecule has 0 fully saturated rings. The number of carbonyl (C=O) groups is 1. The van der Waals surface area contributed by atoms with Crippen LogP contribution in [0.3, 0.4) is 0 Å². The predicted octanol–water partition coefficient (Wildman–Crippen LogP) is 3.39. The van der Waals surface area contributed by atoms with Gasteiger partial charge in [-0.05, 0) is 40.5 Å². The van der Waals surface area contributed by atoms with Crippen molar-refractivity contribution < 1.29 is 4.79 Å². The van der Waals surface area contributed by atoms with Crippen LogP contribution in [0.15, 0.2) is 29.1 Å². The quantitative estimate of drug-likeness (QED) is 0.835. The number of aryl methyl sites for hydroxylation is 1. The van der Waals surface area contributed by atoms with E-state index in [1.807, 2.05) is 13.0 Å². The van der Waals surface area contributed by atoms with Crippen LogP contribution in [0.5, 0.6) is 0 Å². The van der Waals surface area contributed by atoms with E-state index in [9.17, 15) is 4.79 Å². The first kappa shape index (κ1) is 12.1. The third-order valence-corrected chi connectivity index (χ3v) is 3.21. The fraction of sp³-hybridized carbons (Fsp3) is 0.0909. The highest BCUT2D eigenvalue weighted by Gasteiger charge is 2.09. The number of nitrogens with one attached hydrogen (secondary N) is 2. The molecule has 0 saturated heterocycles. The van der Waals surface area contributed by atoms with Crippen molar-refractivity contribution in [3.8, 4) is 0 Å². The van der Waals surface area contributed by atoms with Crippen LogP contribution in [0.4, 0.5) is 5.69 Å². The number of nitrogens with zero attached hydrogens (tertiary/aromatic N) is 1. The maximum atomic E-state index is 11.8. The summed E-state index contributed by atoms with van der Waals surface area (Å²) in [6, 6.07) is 3.40. The Bertz CT molecular complexity index is 568. The summed E-state index contributed by atoms with van der Waals surface area (Å²) < 4.78 is 0.762. The zero-order chi connectivity index (χ0) is 12.4. The van der Waals surface area contributed by atoms with Crippen molar-refractivity contribution in [2.45, 2.75) is 6.92 Å². The zero-order valence-corrected chi connectivity index (χ0v) is 11.3. The molecule has 0 atom stereocenters. The number of hydrogen-bond acceptors (Lipinski definition) is 2. The Morgan fingerprint density at radius 1 is 1.53 bits per heavy atom. The minimum atomic E-state index is -0.250. The van der Waals surface area contributed by atoms with Crippen LogP contribution in [0.1, 0.15) is 16.1 Å². The fourth-order valence-corrected chi connectivity index (χ4v) is 1.70. The van der Waals surface area contributed by atoms with Gasteiger partial charge >= 0.3 is 0 Å². The van der Waals surface area contributed by atoms with Gasteiger partial charge in [0.15, 0.2) is 0 Å². The number of rotatable bonds is 2. The number of aromatic nitrogens is 2. The predicted molar refractivity (Wildman–Crippen MR) is 70.4 cm³/mol. The van der Waals surface area contributed by atoms with Gasteiger partial charge in [0.25, 0.3) is 5.91 Å². The number of amides is 1. The first-order valence-electron chi connectivity index (χ1n) is 4.83. The maximum absolute atomic E-state index is 11.8. The van der Waals surface area contributed by atoms with Gasteiger partial charge in [-0.1, -0.05) is 11.6 Å². The molecule has 0 aromatic carbocycles. The van der Waals surface area contributed by atoms with Gasteiger partial charge in [-0.15, -0.1) is 0 Å². The highest BCUT2D eigenvalue weighted by Crippen LogP contribution is 2.17. The van der Waals surface area contributed by atoms with Crippen LogP contribution in [0, 0.1) is 6.92 Å². The second-order valence-corrected chi connectivity index (χ2v) is 4.70. The lowest BCUT2D eigenvalue weighted by Crippen LogP contribution is -2.12. The number of halogens is 2. The van der Waals surface area contributed by atoms with Crippen LogP contribution in [-0.2, 0) is 0 Å². The highest BCUT2D eigenvalue weighted by atomic mass is 79.9. The lowest BCUT2D eigenvalue weighted by atomic mass is 10.3. The lowest BCUT2D eigenvalue weighted by Gasteiger charge is -2.05. The zero-order valence-electron chi connectivity index (χ0n) is 8.92. The number of H-pyrrole nitrogens is 1. The number of hydrogen-bond donors (Lipinski definition) is 2. The van der Waals surface area contributed by atoms with Gasteiger partial charge in [0.05, 0.1) is 16.9 Å².